The standard InChI is InChI=1S/C22H34N4O5S.H2O/c1-23-32(29,30)18-8-5-7-17(15-18)22(28)24-19-10-14-25(16-20(19)31-2)11-6-9-21(27)26-12-3-4-13-26;/h5,7-8,15,19-20,23H,3-4,6,9-14,16H2,1-2H3,(H,24,28);1H2. The number of hydrogen-bond donors (Lipinski definition) is 2. The van der Waals surface area contributed by atoms with Crippen molar-refractivity contribution in [1.29, 1.82) is 0 Å². The first-order valence-corrected chi connectivity index (χ1v) is 12.7. The van der Waals surface area contributed by atoms with Gasteiger partial charge in [-0.05, 0) is 57.5 Å². The van der Waals surface area contributed by atoms with Gasteiger partial charge in [-0.2, -0.15) is 0 Å². The van der Waals surface area contributed by atoms with E-state index in [0.717, 1.165) is 51.9 Å². The van der Waals surface area contributed by atoms with Gasteiger partial charge in [0, 0.05) is 45.3 Å². The van der Waals surface area contributed by atoms with E-state index in [1.54, 1.807) is 19.2 Å². The van der Waals surface area contributed by atoms with Gasteiger partial charge in [0.2, 0.25) is 15.9 Å². The smallest absolute Gasteiger partial charge is 0.251 e. The van der Waals surface area contributed by atoms with E-state index in [0.29, 0.717) is 18.5 Å². The third-order valence-corrected chi connectivity index (χ3v) is 7.67. The lowest BCUT2D eigenvalue weighted by Gasteiger charge is -2.38. The van der Waals surface area contributed by atoms with E-state index in [1.807, 2.05) is 4.90 Å². The summed E-state index contributed by atoms with van der Waals surface area (Å²) >= 11 is 0. The lowest BCUT2D eigenvalue weighted by molar-refractivity contribution is -0.130. The Morgan fingerprint density at radius 2 is 1.91 bits per heavy atom. The largest absolute Gasteiger partial charge is 0.412 e. The second-order valence-electron chi connectivity index (χ2n) is 8.37. The van der Waals surface area contributed by atoms with Gasteiger partial charge in [-0.1, -0.05) is 6.07 Å². The maximum absolute atomic E-state index is 12.8. The van der Waals surface area contributed by atoms with Gasteiger partial charge in [0.1, 0.15) is 0 Å². The molecule has 2 aliphatic heterocycles. The van der Waals surface area contributed by atoms with E-state index >= 15 is 0 Å². The molecule has 2 atom stereocenters. The van der Waals surface area contributed by atoms with E-state index in [-0.39, 0.29) is 34.3 Å². The van der Waals surface area contributed by atoms with Gasteiger partial charge in [-0.25, -0.2) is 13.1 Å². The number of nitrogens with one attached hydrogen (secondary N) is 2. The first-order chi connectivity index (χ1) is 15.3. The van der Waals surface area contributed by atoms with Crippen LogP contribution < -0.4 is 10.0 Å². The number of amides is 2. The number of rotatable bonds is 9. The van der Waals surface area contributed by atoms with E-state index in [1.165, 1.54) is 19.2 Å². The molecule has 2 heterocycles. The van der Waals surface area contributed by atoms with Crippen LogP contribution in [0.3, 0.4) is 0 Å². The SMILES string of the molecule is CNS(=O)(=O)c1cccc(C(=O)NC2CCN(CCCC(=O)N3CCCC3)CC2OC)c1.O. The number of piperidine rings is 1. The van der Waals surface area contributed by atoms with Crippen molar-refractivity contribution >= 4 is 21.8 Å². The zero-order valence-corrected chi connectivity index (χ0v) is 20.2. The molecular formula is C22H36N4O6S. The van der Waals surface area contributed by atoms with Crippen LogP contribution in [0, 0.1) is 0 Å². The van der Waals surface area contributed by atoms with Gasteiger partial charge in [0.15, 0.2) is 0 Å². The summed E-state index contributed by atoms with van der Waals surface area (Å²) in [4.78, 5) is 29.3. The van der Waals surface area contributed by atoms with Crippen molar-refractivity contribution in [3.63, 3.8) is 0 Å². The molecule has 33 heavy (non-hydrogen) atoms. The molecule has 0 bridgehead atoms. The van der Waals surface area contributed by atoms with Gasteiger partial charge in [-0.3, -0.25) is 9.59 Å². The topological polar surface area (TPSA) is 140 Å². The van der Waals surface area contributed by atoms with Gasteiger partial charge in [0.25, 0.3) is 5.91 Å². The number of sulfonamides is 1. The first-order valence-electron chi connectivity index (χ1n) is 11.2. The summed E-state index contributed by atoms with van der Waals surface area (Å²) in [5.41, 5.74) is 0.291. The van der Waals surface area contributed by atoms with Crippen molar-refractivity contribution in [3.05, 3.63) is 29.8 Å². The van der Waals surface area contributed by atoms with Crippen LogP contribution in [0.25, 0.3) is 0 Å². The molecule has 3 rings (SSSR count). The summed E-state index contributed by atoms with van der Waals surface area (Å²) in [6.07, 6.45) is 4.15. The number of hydrogen-bond acceptors (Lipinski definition) is 6. The molecule has 0 radical (unpaired) electrons. The van der Waals surface area contributed by atoms with Crippen LogP contribution in [0.1, 0.15) is 42.5 Å². The Kier molecular flexibility index (Phi) is 10.2. The van der Waals surface area contributed by atoms with Crippen LogP contribution in [0.4, 0.5) is 0 Å². The molecule has 1 aromatic rings. The van der Waals surface area contributed by atoms with Crippen LogP contribution >= 0.6 is 0 Å². The van der Waals surface area contributed by atoms with Gasteiger partial charge in [0.05, 0.1) is 17.0 Å². The van der Waals surface area contributed by atoms with Crippen LogP contribution in [0.5, 0.6) is 0 Å². The maximum atomic E-state index is 12.8. The van der Waals surface area contributed by atoms with Crippen molar-refractivity contribution in [2.75, 3.05) is 46.9 Å². The average molecular weight is 485 g/mol. The third-order valence-electron chi connectivity index (χ3n) is 6.26. The molecule has 186 valence electrons. The molecule has 2 fully saturated rings. The Morgan fingerprint density at radius 3 is 2.58 bits per heavy atom. The van der Waals surface area contributed by atoms with Crippen molar-refractivity contribution in [3.8, 4) is 0 Å². The third kappa shape index (κ3) is 7.21. The molecule has 10 nitrogen and oxygen atoms in total. The molecular weight excluding hydrogens is 448 g/mol. The van der Waals surface area contributed by atoms with Crippen molar-refractivity contribution in [2.45, 2.75) is 49.1 Å². The lowest BCUT2D eigenvalue weighted by atomic mass is 10.0. The fraction of sp³-hybridized carbons (Fsp3) is 0.636. The fourth-order valence-corrected chi connectivity index (χ4v) is 5.12. The fourth-order valence-electron chi connectivity index (χ4n) is 4.34. The normalized spacial score (nSPS) is 21.5. The summed E-state index contributed by atoms with van der Waals surface area (Å²) in [7, 11) is -0.655. The molecule has 2 aliphatic rings. The molecule has 2 saturated heterocycles. The Bertz CT molecular complexity index is 904. The van der Waals surface area contributed by atoms with Crippen molar-refractivity contribution in [1.82, 2.24) is 19.8 Å². The zero-order valence-electron chi connectivity index (χ0n) is 19.4. The highest BCUT2D eigenvalue weighted by Gasteiger charge is 2.31. The van der Waals surface area contributed by atoms with E-state index in [4.69, 9.17) is 4.74 Å². The molecule has 1 aromatic carbocycles. The molecule has 0 aliphatic carbocycles. The molecule has 4 N–H and O–H groups in total. The highest BCUT2D eigenvalue weighted by atomic mass is 32.2. The zero-order chi connectivity index (χ0) is 23.1. The van der Waals surface area contributed by atoms with E-state index < -0.39 is 10.0 Å². The van der Waals surface area contributed by atoms with Crippen LogP contribution in [0.15, 0.2) is 29.2 Å². The number of likely N-dealkylation sites (tertiary alicyclic amines) is 2. The van der Waals surface area contributed by atoms with Crippen molar-refractivity contribution in [2.24, 2.45) is 0 Å². The minimum Gasteiger partial charge on any atom is -0.412 e. The number of nitrogens with zero attached hydrogens (tertiary/aromatic N) is 2. The molecule has 2 unspecified atom stereocenters. The monoisotopic (exact) mass is 484 g/mol. The predicted molar refractivity (Wildman–Crippen MR) is 124 cm³/mol. The lowest BCUT2D eigenvalue weighted by Crippen LogP contribution is -2.55. The molecule has 2 amide bonds. The summed E-state index contributed by atoms with van der Waals surface area (Å²) in [5, 5.41) is 3.00. The maximum Gasteiger partial charge on any atom is 0.251 e. The average Bonchev–Trinajstić information content (AvgIpc) is 3.35. The molecule has 0 saturated carbocycles. The Hall–Kier alpha value is -2.05. The second-order valence-corrected chi connectivity index (χ2v) is 10.3. The van der Waals surface area contributed by atoms with E-state index in [9.17, 15) is 18.0 Å². The number of methoxy groups -OCH3 is 1. The molecule has 0 spiro atoms. The first kappa shape index (κ1) is 27.2. The van der Waals surface area contributed by atoms with Gasteiger partial charge < -0.3 is 25.3 Å². The molecule has 0 aromatic heterocycles. The number of benzene rings is 1. The number of carbonyl (C=O) groups excluding carboxylic acids is 2. The highest BCUT2D eigenvalue weighted by molar-refractivity contribution is 7.89. The summed E-state index contributed by atoms with van der Waals surface area (Å²) in [6, 6.07) is 5.81. The summed E-state index contributed by atoms with van der Waals surface area (Å²) in [5.74, 6) is -0.0784. The van der Waals surface area contributed by atoms with Crippen LogP contribution in [-0.2, 0) is 19.6 Å². The van der Waals surface area contributed by atoms with Gasteiger partial charge >= 0.3 is 0 Å². The number of carbonyl (C=O) groups is 2. The Labute approximate surface area is 196 Å². The minimum absolute atomic E-state index is 0. The van der Waals surface area contributed by atoms with Gasteiger partial charge in [-0.15, -0.1) is 0 Å². The van der Waals surface area contributed by atoms with E-state index in [2.05, 4.69) is 14.9 Å². The second kappa shape index (κ2) is 12.4. The Balaban J connectivity index is 0.00000385. The van der Waals surface area contributed by atoms with Crippen LogP contribution in [-0.4, -0.2) is 94.5 Å². The summed E-state index contributed by atoms with van der Waals surface area (Å²) in [6.45, 7) is 4.08. The minimum atomic E-state index is -3.62. The van der Waals surface area contributed by atoms with Crippen LogP contribution in [0.2, 0.25) is 0 Å². The highest BCUT2D eigenvalue weighted by Crippen LogP contribution is 2.17. The molecule has 11 heteroatoms. The quantitative estimate of drug-likeness (QED) is 0.505. The predicted octanol–water partition coefficient (Wildman–Crippen LogP) is -0.00830. The Morgan fingerprint density at radius 1 is 1.18 bits per heavy atom. The number of ether oxygens (including phenoxy) is 1. The summed E-state index contributed by atoms with van der Waals surface area (Å²) < 4.78 is 31.9. The van der Waals surface area contributed by atoms with Crippen molar-refractivity contribution < 1.29 is 28.2 Å².